The lowest BCUT2D eigenvalue weighted by Gasteiger charge is -2.21. The number of rotatable bonds is 18. The van der Waals surface area contributed by atoms with Gasteiger partial charge in [-0.25, -0.2) is 0 Å². The van der Waals surface area contributed by atoms with Crippen molar-refractivity contribution in [3.8, 4) is 0 Å². The zero-order valence-corrected chi connectivity index (χ0v) is 25.2. The van der Waals surface area contributed by atoms with E-state index in [0.29, 0.717) is 8.50 Å². The van der Waals surface area contributed by atoms with Crippen LogP contribution in [0.15, 0.2) is 72.9 Å². The normalized spacial score (nSPS) is 16.7. The summed E-state index contributed by atoms with van der Waals surface area (Å²) in [6, 6.07) is 0. The minimum atomic E-state index is -0.544. The summed E-state index contributed by atoms with van der Waals surface area (Å²) in [4.78, 5) is 0. The first-order valence-corrected chi connectivity index (χ1v) is 18.2. The van der Waals surface area contributed by atoms with E-state index in [-0.39, 0.29) is 18.3 Å². The van der Waals surface area contributed by atoms with Gasteiger partial charge in [0, 0.05) is 18.0 Å². The molecular weight excluding hydrogens is 498 g/mol. The molecule has 0 aromatic rings. The predicted octanol–water partition coefficient (Wildman–Crippen LogP) is 8.62. The fourth-order valence-electron chi connectivity index (χ4n) is 2.43. The van der Waals surface area contributed by atoms with E-state index in [2.05, 4.69) is 80.5 Å². The second kappa shape index (κ2) is 24.0. The largest absolute Gasteiger partial charge is 0.359 e. The molecule has 8 atom stereocenters. The molecule has 0 heterocycles. The molecule has 0 N–H and O–H groups in total. The lowest BCUT2D eigenvalue weighted by molar-refractivity contribution is 0.116. The number of allylic oxidation sites excluding steroid dienone is 8. The molecule has 0 aliphatic carbocycles. The van der Waals surface area contributed by atoms with Crippen molar-refractivity contribution in [3.05, 3.63) is 72.9 Å². The minimum Gasteiger partial charge on any atom is -0.359 e. The van der Waals surface area contributed by atoms with Gasteiger partial charge in [-0.2, -0.15) is 0 Å². The maximum Gasteiger partial charge on any atom is 0.107 e. The molecule has 0 spiro atoms. The Morgan fingerprint density at radius 2 is 1.52 bits per heavy atom. The van der Waals surface area contributed by atoms with Gasteiger partial charge in [0.25, 0.3) is 0 Å². The van der Waals surface area contributed by atoms with Crippen molar-refractivity contribution < 1.29 is 13.6 Å². The van der Waals surface area contributed by atoms with Gasteiger partial charge >= 0.3 is 0 Å². The summed E-state index contributed by atoms with van der Waals surface area (Å²) in [5.74, 6) is 0. The van der Waals surface area contributed by atoms with Crippen molar-refractivity contribution in [2.75, 3.05) is 0 Å². The third-order valence-electron chi connectivity index (χ3n) is 3.95. The molecule has 31 heavy (non-hydrogen) atoms. The number of hydrogen-bond acceptors (Lipinski definition) is 3. The lowest BCUT2D eigenvalue weighted by Crippen LogP contribution is -2.24. The fraction of sp³-hybridized carbons (Fsp3) is 0.455. The molecule has 0 bridgehead atoms. The van der Waals surface area contributed by atoms with Gasteiger partial charge in [-0.05, 0) is 25.7 Å². The van der Waals surface area contributed by atoms with E-state index in [4.69, 9.17) is 13.6 Å². The van der Waals surface area contributed by atoms with Crippen LogP contribution >= 0.6 is 52.3 Å². The highest BCUT2D eigenvalue weighted by Crippen LogP contribution is 2.54. The highest BCUT2D eigenvalue weighted by molar-refractivity contribution is 8.41. The molecule has 0 aliphatic rings. The number of hydrogen-bond donors (Lipinski definition) is 0. The molecule has 0 amide bonds. The van der Waals surface area contributed by atoms with Gasteiger partial charge in [0.2, 0.25) is 0 Å². The van der Waals surface area contributed by atoms with E-state index >= 15 is 0 Å². The second-order valence-corrected chi connectivity index (χ2v) is 13.8. The first-order valence-electron chi connectivity index (χ1n) is 10.5. The van der Waals surface area contributed by atoms with Crippen molar-refractivity contribution in [2.45, 2.75) is 64.3 Å². The SMILES string of the molecule is CCC=CCC(C=CC=CC=CC=CC(OPP)C(CC=CCCC)OP)OP(P)P. The molecule has 0 radical (unpaired) electrons. The van der Waals surface area contributed by atoms with Crippen LogP contribution in [0.25, 0.3) is 0 Å². The second-order valence-electron chi connectivity index (χ2n) is 6.53. The first-order chi connectivity index (χ1) is 15.1. The van der Waals surface area contributed by atoms with Gasteiger partial charge in [-0.3, -0.25) is 0 Å². The Morgan fingerprint density at radius 1 is 0.871 bits per heavy atom. The van der Waals surface area contributed by atoms with Crippen LogP contribution in [-0.4, -0.2) is 18.3 Å². The van der Waals surface area contributed by atoms with Gasteiger partial charge in [0.05, 0.1) is 19.7 Å². The summed E-state index contributed by atoms with van der Waals surface area (Å²) in [7, 11) is 10.2. The first kappa shape index (κ1) is 31.9. The van der Waals surface area contributed by atoms with E-state index in [1.54, 1.807) is 0 Å². The van der Waals surface area contributed by atoms with Crippen LogP contribution in [0, 0.1) is 0 Å². The molecule has 0 saturated carbocycles. The summed E-state index contributed by atoms with van der Waals surface area (Å²) < 4.78 is 17.3. The van der Waals surface area contributed by atoms with Crippen molar-refractivity contribution in [1.82, 2.24) is 0 Å². The zero-order valence-electron chi connectivity index (χ0n) is 18.7. The van der Waals surface area contributed by atoms with Crippen LogP contribution in [0.1, 0.15) is 46.0 Å². The topological polar surface area (TPSA) is 27.7 Å². The summed E-state index contributed by atoms with van der Waals surface area (Å²) in [6.45, 7) is 4.31. The van der Waals surface area contributed by atoms with E-state index in [1.165, 1.54) is 0 Å². The predicted molar refractivity (Wildman–Crippen MR) is 158 cm³/mol. The Labute approximate surface area is 202 Å². The molecule has 0 aromatic carbocycles. The molecule has 0 aromatic heterocycles. The quantitative estimate of drug-likeness (QED) is 0.0994. The lowest BCUT2D eigenvalue weighted by atomic mass is 10.1. The summed E-state index contributed by atoms with van der Waals surface area (Å²) in [5, 5.41) is 0. The standard InChI is InChI=1S/C22H40O3P6/c1-3-5-7-14-18-21(23-26)22(24-30-27)19-15-11-9-8-10-13-17-20(25-31(28)29)16-12-6-4-2/h6-15,17,19-22,30H,3-5,16,18,26-29H2,1-2H3. The van der Waals surface area contributed by atoms with Crippen molar-refractivity contribution >= 4 is 52.3 Å². The van der Waals surface area contributed by atoms with Crippen LogP contribution in [-0.2, 0) is 13.6 Å². The van der Waals surface area contributed by atoms with Crippen molar-refractivity contribution in [3.63, 3.8) is 0 Å². The summed E-state index contributed by atoms with van der Waals surface area (Å²) in [5.41, 5.74) is 0. The average Bonchev–Trinajstić information content (AvgIpc) is 2.74. The highest BCUT2D eigenvalue weighted by Gasteiger charge is 2.17. The smallest absolute Gasteiger partial charge is 0.107 e. The van der Waals surface area contributed by atoms with Gasteiger partial charge in [-0.1, -0.05) is 120 Å². The van der Waals surface area contributed by atoms with E-state index in [1.807, 2.05) is 42.5 Å². The molecule has 3 nitrogen and oxygen atoms in total. The van der Waals surface area contributed by atoms with E-state index in [9.17, 15) is 0 Å². The third-order valence-corrected chi connectivity index (χ3v) is 6.36. The van der Waals surface area contributed by atoms with Crippen molar-refractivity contribution in [1.29, 1.82) is 0 Å². The number of unbranched alkanes of at least 4 members (excludes halogenated alkanes) is 1. The van der Waals surface area contributed by atoms with Gasteiger partial charge in [0.15, 0.2) is 0 Å². The van der Waals surface area contributed by atoms with E-state index in [0.717, 1.165) is 32.1 Å². The van der Waals surface area contributed by atoms with Crippen LogP contribution in [0.5, 0.6) is 0 Å². The Hall–Kier alpha value is 0.900. The molecule has 0 saturated heterocycles. The average molecular weight is 538 g/mol. The molecule has 0 rings (SSSR count). The molecule has 8 unspecified atom stereocenters. The van der Waals surface area contributed by atoms with Crippen molar-refractivity contribution in [2.24, 2.45) is 0 Å². The zero-order chi connectivity index (χ0) is 23.2. The Balaban J connectivity index is 4.69. The Bertz CT molecular complexity index is 588. The summed E-state index contributed by atoms with van der Waals surface area (Å²) in [6.07, 6.45) is 30.0. The fourth-order valence-corrected chi connectivity index (χ4v) is 4.96. The maximum absolute atomic E-state index is 5.92. The Morgan fingerprint density at radius 3 is 2.10 bits per heavy atom. The molecular formula is C22H40O3P6. The van der Waals surface area contributed by atoms with Crippen LogP contribution in [0.4, 0.5) is 0 Å². The third kappa shape index (κ3) is 20.0. The maximum atomic E-state index is 5.92. The van der Waals surface area contributed by atoms with E-state index < -0.39 is 7.53 Å². The Kier molecular flexibility index (Phi) is 24.7. The highest BCUT2D eigenvalue weighted by atomic mass is 32.4. The van der Waals surface area contributed by atoms with Crippen LogP contribution in [0.2, 0.25) is 0 Å². The monoisotopic (exact) mass is 538 g/mol. The van der Waals surface area contributed by atoms with Gasteiger partial charge < -0.3 is 13.6 Å². The molecule has 0 fully saturated rings. The van der Waals surface area contributed by atoms with Gasteiger partial charge in [-0.15, -0.1) is 0 Å². The molecule has 176 valence electrons. The summed E-state index contributed by atoms with van der Waals surface area (Å²) >= 11 is 0. The van der Waals surface area contributed by atoms with Crippen LogP contribution in [0.3, 0.4) is 0 Å². The minimum absolute atomic E-state index is 0.0214. The molecule has 0 aliphatic heterocycles. The van der Waals surface area contributed by atoms with Crippen LogP contribution < -0.4 is 0 Å². The molecule has 9 heteroatoms. The van der Waals surface area contributed by atoms with Gasteiger partial charge in [0.1, 0.15) is 6.10 Å².